The summed E-state index contributed by atoms with van der Waals surface area (Å²) in [6.45, 7) is 4.37. The Labute approximate surface area is 192 Å². The van der Waals surface area contributed by atoms with Crippen LogP contribution in [0.2, 0.25) is 0 Å². The third-order valence-electron chi connectivity index (χ3n) is 7.02. The molecule has 6 aromatic carbocycles. The van der Waals surface area contributed by atoms with Crippen LogP contribution < -0.4 is 4.74 Å². The molecule has 156 valence electrons. The summed E-state index contributed by atoms with van der Waals surface area (Å²) in [6, 6.07) is 35.0. The maximum Gasteiger partial charge on any atom is 0.143 e. The lowest BCUT2D eigenvalue weighted by molar-refractivity contribution is 0.493. The summed E-state index contributed by atoms with van der Waals surface area (Å²) < 4.78 is 6.65. The predicted molar refractivity (Wildman–Crippen MR) is 139 cm³/mol. The molecule has 1 heterocycles. The molecule has 0 saturated heterocycles. The van der Waals surface area contributed by atoms with Crippen molar-refractivity contribution in [2.75, 3.05) is 0 Å². The van der Waals surface area contributed by atoms with Crippen molar-refractivity contribution in [1.82, 2.24) is 0 Å². The second kappa shape index (κ2) is 6.70. The zero-order chi connectivity index (χ0) is 22.1. The van der Waals surface area contributed by atoms with Crippen LogP contribution in [0.3, 0.4) is 0 Å². The first kappa shape index (κ1) is 18.5. The Hall–Kier alpha value is -4.10. The number of aryl methyl sites for hydroxylation is 2. The average Bonchev–Trinajstić information content (AvgIpc) is 2.84. The van der Waals surface area contributed by atoms with Gasteiger partial charge in [0.15, 0.2) is 0 Å². The van der Waals surface area contributed by atoms with E-state index in [1.54, 1.807) is 0 Å². The van der Waals surface area contributed by atoms with Crippen molar-refractivity contribution < 1.29 is 4.74 Å². The van der Waals surface area contributed by atoms with E-state index in [4.69, 9.17) is 4.74 Å². The van der Waals surface area contributed by atoms with Crippen LogP contribution in [0.15, 0.2) is 97.1 Å². The van der Waals surface area contributed by atoms with Crippen molar-refractivity contribution in [3.8, 4) is 33.8 Å². The van der Waals surface area contributed by atoms with E-state index in [1.165, 1.54) is 60.3 Å². The molecule has 0 saturated carbocycles. The van der Waals surface area contributed by atoms with Gasteiger partial charge in [-0.15, -0.1) is 0 Å². The summed E-state index contributed by atoms with van der Waals surface area (Å²) in [6.07, 6.45) is 0. The molecule has 1 aliphatic heterocycles. The Balaban J connectivity index is 1.70. The zero-order valence-electron chi connectivity index (χ0n) is 18.6. The average molecular weight is 423 g/mol. The molecule has 0 fully saturated rings. The van der Waals surface area contributed by atoms with Crippen molar-refractivity contribution in [2.24, 2.45) is 0 Å². The zero-order valence-corrected chi connectivity index (χ0v) is 18.6. The molecule has 1 nitrogen and oxygen atoms in total. The summed E-state index contributed by atoms with van der Waals surface area (Å²) in [5.41, 5.74) is 7.59. The summed E-state index contributed by atoms with van der Waals surface area (Å²) in [5, 5.41) is 7.35. The quantitative estimate of drug-likeness (QED) is 0.240. The first-order valence-electron chi connectivity index (χ1n) is 11.5. The fraction of sp³-hybridized carbons (Fsp3) is 0.0625. The molecule has 0 unspecified atom stereocenters. The Kier molecular flexibility index (Phi) is 3.75. The van der Waals surface area contributed by atoms with Gasteiger partial charge in [-0.2, -0.15) is 0 Å². The molecule has 0 N–H and O–H groups in total. The van der Waals surface area contributed by atoms with E-state index in [0.29, 0.717) is 0 Å². The summed E-state index contributed by atoms with van der Waals surface area (Å²) >= 11 is 0. The number of ether oxygens (including phenoxy) is 1. The molecule has 1 aliphatic rings. The number of rotatable bonds is 1. The van der Waals surface area contributed by atoms with Crippen LogP contribution in [0.5, 0.6) is 11.5 Å². The molecule has 33 heavy (non-hydrogen) atoms. The molecule has 0 atom stereocenters. The standard InChI is InChI=1S/C32H22O/c1-19-14-16-22(20(2)18-19)29-24-10-5-6-11-25(24)30-27-17-15-21-8-3-4-9-23(21)32(27)33-28-13-7-12-26(29)31(28)30/h3-18H,1-2H3. The van der Waals surface area contributed by atoms with Gasteiger partial charge in [0, 0.05) is 21.9 Å². The van der Waals surface area contributed by atoms with Crippen LogP contribution in [0, 0.1) is 13.8 Å². The lowest BCUT2D eigenvalue weighted by Gasteiger charge is -2.26. The number of hydrogen-bond acceptors (Lipinski definition) is 1. The molecule has 0 bridgehead atoms. The van der Waals surface area contributed by atoms with Crippen molar-refractivity contribution >= 4 is 32.3 Å². The maximum atomic E-state index is 6.65. The van der Waals surface area contributed by atoms with E-state index < -0.39 is 0 Å². The Morgan fingerprint density at radius 1 is 0.545 bits per heavy atom. The van der Waals surface area contributed by atoms with Crippen LogP contribution in [-0.2, 0) is 0 Å². The maximum absolute atomic E-state index is 6.65. The van der Waals surface area contributed by atoms with Crippen LogP contribution >= 0.6 is 0 Å². The van der Waals surface area contributed by atoms with Gasteiger partial charge in [0.1, 0.15) is 11.5 Å². The summed E-state index contributed by atoms with van der Waals surface area (Å²) in [4.78, 5) is 0. The largest absolute Gasteiger partial charge is 0.455 e. The molecule has 1 heteroatoms. The van der Waals surface area contributed by atoms with Gasteiger partial charge in [-0.05, 0) is 64.2 Å². The van der Waals surface area contributed by atoms with E-state index in [9.17, 15) is 0 Å². The normalized spacial score (nSPS) is 12.2. The molecular weight excluding hydrogens is 400 g/mol. The monoisotopic (exact) mass is 422 g/mol. The first-order valence-corrected chi connectivity index (χ1v) is 11.5. The minimum atomic E-state index is 0.933. The molecule has 6 aromatic rings. The lowest BCUT2D eigenvalue weighted by atomic mass is 9.83. The Bertz CT molecular complexity index is 1760. The Morgan fingerprint density at radius 2 is 1.24 bits per heavy atom. The SMILES string of the molecule is Cc1ccc(-c2c3ccccc3c3c4c(cccc24)Oc2c-3ccc3ccccc23)c(C)c1. The van der Waals surface area contributed by atoms with E-state index in [1.807, 2.05) is 0 Å². The number of hydrogen-bond donors (Lipinski definition) is 0. The van der Waals surface area contributed by atoms with E-state index in [2.05, 4.69) is 111 Å². The fourth-order valence-electron chi connectivity index (χ4n) is 5.61. The highest BCUT2D eigenvalue weighted by Crippen LogP contribution is 2.54. The van der Waals surface area contributed by atoms with Gasteiger partial charge >= 0.3 is 0 Å². The summed E-state index contributed by atoms with van der Waals surface area (Å²) in [5.74, 6) is 1.89. The first-order chi connectivity index (χ1) is 16.2. The molecule has 0 aromatic heterocycles. The van der Waals surface area contributed by atoms with Crippen LogP contribution in [-0.4, -0.2) is 0 Å². The van der Waals surface area contributed by atoms with Crippen molar-refractivity contribution in [1.29, 1.82) is 0 Å². The van der Waals surface area contributed by atoms with Crippen LogP contribution in [0.25, 0.3) is 54.6 Å². The van der Waals surface area contributed by atoms with Crippen molar-refractivity contribution in [2.45, 2.75) is 13.8 Å². The van der Waals surface area contributed by atoms with Crippen molar-refractivity contribution in [3.05, 3.63) is 108 Å². The molecular formula is C32H22O. The van der Waals surface area contributed by atoms with Gasteiger partial charge in [0.05, 0.1) is 0 Å². The predicted octanol–water partition coefficient (Wildman–Crippen LogP) is 9.20. The topological polar surface area (TPSA) is 9.23 Å². The third-order valence-corrected chi connectivity index (χ3v) is 7.02. The smallest absolute Gasteiger partial charge is 0.143 e. The van der Waals surface area contributed by atoms with Gasteiger partial charge in [0.25, 0.3) is 0 Å². The third kappa shape index (κ3) is 2.54. The lowest BCUT2D eigenvalue weighted by Crippen LogP contribution is -2.00. The van der Waals surface area contributed by atoms with Gasteiger partial charge in [0.2, 0.25) is 0 Å². The second-order valence-electron chi connectivity index (χ2n) is 9.06. The Morgan fingerprint density at radius 3 is 2.06 bits per heavy atom. The minimum absolute atomic E-state index is 0.933. The van der Waals surface area contributed by atoms with Gasteiger partial charge in [-0.1, -0.05) is 90.5 Å². The highest BCUT2D eigenvalue weighted by Gasteiger charge is 2.26. The van der Waals surface area contributed by atoms with E-state index in [0.717, 1.165) is 16.9 Å². The fourth-order valence-corrected chi connectivity index (χ4v) is 5.61. The van der Waals surface area contributed by atoms with Crippen molar-refractivity contribution in [3.63, 3.8) is 0 Å². The van der Waals surface area contributed by atoms with E-state index >= 15 is 0 Å². The van der Waals surface area contributed by atoms with Gasteiger partial charge in [-0.3, -0.25) is 0 Å². The van der Waals surface area contributed by atoms with Gasteiger partial charge in [-0.25, -0.2) is 0 Å². The molecule has 0 radical (unpaired) electrons. The minimum Gasteiger partial charge on any atom is -0.455 e. The molecule has 0 spiro atoms. The molecule has 0 amide bonds. The van der Waals surface area contributed by atoms with Gasteiger partial charge < -0.3 is 4.74 Å². The molecule has 7 rings (SSSR count). The summed E-state index contributed by atoms with van der Waals surface area (Å²) in [7, 11) is 0. The van der Waals surface area contributed by atoms with Crippen LogP contribution in [0.4, 0.5) is 0 Å². The number of benzene rings is 6. The van der Waals surface area contributed by atoms with Crippen LogP contribution in [0.1, 0.15) is 11.1 Å². The molecule has 0 aliphatic carbocycles. The highest BCUT2D eigenvalue weighted by molar-refractivity contribution is 6.25. The highest BCUT2D eigenvalue weighted by atomic mass is 16.5. The second-order valence-corrected chi connectivity index (χ2v) is 9.06. The van der Waals surface area contributed by atoms with E-state index in [-0.39, 0.29) is 0 Å². The number of fused-ring (bicyclic) bond motifs is 6.